The van der Waals surface area contributed by atoms with Crippen molar-refractivity contribution in [2.45, 2.75) is 19.3 Å². The monoisotopic (exact) mass is 462 g/mol. The number of aromatic nitrogens is 3. The number of nitrogens with one attached hydrogen (secondary N) is 4. The predicted molar refractivity (Wildman–Crippen MR) is 133 cm³/mol. The van der Waals surface area contributed by atoms with Gasteiger partial charge in [0.25, 0.3) is 0 Å². The van der Waals surface area contributed by atoms with Crippen molar-refractivity contribution in [2.24, 2.45) is 5.92 Å². The number of hydrogen-bond donors (Lipinski definition) is 5. The number of methoxy groups -OCH3 is 1. The van der Waals surface area contributed by atoms with Crippen LogP contribution in [0.4, 0.5) is 28.8 Å². The fourth-order valence-electron chi connectivity index (χ4n) is 3.77. The first-order valence-electron chi connectivity index (χ1n) is 11.3. The molecular formula is C24H30N8O2. The summed E-state index contributed by atoms with van der Waals surface area (Å²) in [6.07, 6.45) is 7.14. The van der Waals surface area contributed by atoms with Gasteiger partial charge in [0.1, 0.15) is 23.2 Å². The zero-order chi connectivity index (χ0) is 23.8. The second kappa shape index (κ2) is 11.3. The summed E-state index contributed by atoms with van der Waals surface area (Å²) < 4.78 is 5.18. The van der Waals surface area contributed by atoms with E-state index in [9.17, 15) is 4.79 Å². The fraction of sp³-hybridized carbons (Fsp3) is 0.333. The summed E-state index contributed by atoms with van der Waals surface area (Å²) >= 11 is 0. The van der Waals surface area contributed by atoms with Gasteiger partial charge in [-0.1, -0.05) is 12.1 Å². The van der Waals surface area contributed by atoms with Crippen LogP contribution in [0.1, 0.15) is 18.4 Å². The molecule has 0 bridgehead atoms. The third kappa shape index (κ3) is 6.55. The second-order valence-corrected chi connectivity index (χ2v) is 8.21. The normalized spacial score (nSPS) is 13.8. The van der Waals surface area contributed by atoms with Gasteiger partial charge in [-0.3, -0.25) is 4.79 Å². The van der Waals surface area contributed by atoms with Crippen LogP contribution >= 0.6 is 0 Å². The minimum atomic E-state index is -0.123. The second-order valence-electron chi connectivity index (χ2n) is 8.21. The van der Waals surface area contributed by atoms with Crippen LogP contribution in [0.25, 0.3) is 0 Å². The lowest BCUT2D eigenvalue weighted by atomic mass is 9.98. The van der Waals surface area contributed by atoms with Crippen LogP contribution in [0.5, 0.6) is 5.75 Å². The number of carbonyl (C=O) groups excluding carboxylic acids is 1. The smallest absolute Gasteiger partial charge is 0.228 e. The van der Waals surface area contributed by atoms with Gasteiger partial charge in [-0.15, -0.1) is 0 Å². The third-order valence-electron chi connectivity index (χ3n) is 5.67. The largest absolute Gasteiger partial charge is 0.497 e. The summed E-state index contributed by atoms with van der Waals surface area (Å²) in [4.78, 5) is 25.4. The van der Waals surface area contributed by atoms with E-state index < -0.39 is 0 Å². The summed E-state index contributed by atoms with van der Waals surface area (Å²) in [5.74, 6) is 2.66. The Morgan fingerprint density at radius 2 is 1.82 bits per heavy atom. The van der Waals surface area contributed by atoms with E-state index >= 15 is 0 Å². The third-order valence-corrected chi connectivity index (χ3v) is 5.67. The summed E-state index contributed by atoms with van der Waals surface area (Å²) in [5, 5.41) is 13.0. The topological polar surface area (TPSA) is 139 Å². The Morgan fingerprint density at radius 1 is 1.06 bits per heavy atom. The molecule has 0 atom stereocenters. The zero-order valence-electron chi connectivity index (χ0n) is 19.2. The molecule has 0 spiro atoms. The first kappa shape index (κ1) is 23.2. The standard InChI is InChI=1S/C24H30N8O2/c1-34-18-4-2-16(3-5-18)10-24(33)31-20-13-29-22(32-23-15-28-21(25)14-30-23)11-19(20)27-12-17-6-8-26-9-7-17/h2-5,11,13-15,17,26H,6-10,12H2,1H3,(H2,25,28)(H,31,33)(H2,27,29,30,32). The zero-order valence-corrected chi connectivity index (χ0v) is 19.2. The van der Waals surface area contributed by atoms with Crippen LogP contribution in [-0.2, 0) is 11.2 Å². The van der Waals surface area contributed by atoms with Gasteiger partial charge in [-0.2, -0.15) is 0 Å². The van der Waals surface area contributed by atoms with Crippen LogP contribution in [-0.4, -0.2) is 47.6 Å². The highest BCUT2D eigenvalue weighted by atomic mass is 16.5. The quantitative estimate of drug-likeness (QED) is 0.325. The van der Waals surface area contributed by atoms with Gasteiger partial charge in [-0.05, 0) is 49.5 Å². The molecule has 178 valence electrons. The maximum absolute atomic E-state index is 12.8. The van der Waals surface area contributed by atoms with Crippen molar-refractivity contribution >= 4 is 34.7 Å². The van der Waals surface area contributed by atoms with Crippen molar-refractivity contribution in [1.29, 1.82) is 0 Å². The molecule has 0 unspecified atom stereocenters. The number of ether oxygens (including phenoxy) is 1. The molecular weight excluding hydrogens is 432 g/mol. The number of pyridine rings is 1. The highest BCUT2D eigenvalue weighted by Gasteiger charge is 2.15. The molecule has 0 saturated carbocycles. The van der Waals surface area contributed by atoms with Crippen molar-refractivity contribution < 1.29 is 9.53 Å². The van der Waals surface area contributed by atoms with E-state index in [0.29, 0.717) is 29.1 Å². The van der Waals surface area contributed by atoms with Crippen molar-refractivity contribution in [2.75, 3.05) is 48.4 Å². The molecule has 10 heteroatoms. The first-order valence-corrected chi connectivity index (χ1v) is 11.3. The average molecular weight is 463 g/mol. The molecule has 1 aliphatic rings. The van der Waals surface area contributed by atoms with E-state index in [1.165, 1.54) is 6.20 Å². The molecule has 3 aromatic rings. The summed E-state index contributed by atoms with van der Waals surface area (Å²) in [6, 6.07) is 9.32. The maximum atomic E-state index is 12.8. The van der Waals surface area contributed by atoms with Gasteiger partial charge in [0.05, 0.1) is 43.5 Å². The number of nitrogens with zero attached hydrogens (tertiary/aromatic N) is 3. The molecule has 6 N–H and O–H groups in total. The van der Waals surface area contributed by atoms with Crippen LogP contribution < -0.4 is 31.7 Å². The van der Waals surface area contributed by atoms with E-state index in [1.807, 2.05) is 30.3 Å². The summed E-state index contributed by atoms with van der Waals surface area (Å²) in [7, 11) is 1.62. The fourth-order valence-corrected chi connectivity index (χ4v) is 3.77. The van der Waals surface area contributed by atoms with Crippen LogP contribution in [0.15, 0.2) is 48.9 Å². The molecule has 34 heavy (non-hydrogen) atoms. The predicted octanol–water partition coefficient (Wildman–Crippen LogP) is 2.80. The Kier molecular flexibility index (Phi) is 7.71. The van der Waals surface area contributed by atoms with Crippen molar-refractivity contribution in [3.8, 4) is 5.75 Å². The average Bonchev–Trinajstić information content (AvgIpc) is 2.86. The van der Waals surface area contributed by atoms with Crippen molar-refractivity contribution in [3.05, 3.63) is 54.5 Å². The lowest BCUT2D eigenvalue weighted by Crippen LogP contribution is -2.31. The molecule has 10 nitrogen and oxygen atoms in total. The Balaban J connectivity index is 1.47. The van der Waals surface area contributed by atoms with Gasteiger partial charge in [-0.25, -0.2) is 15.0 Å². The molecule has 1 fully saturated rings. The molecule has 1 aliphatic heterocycles. The van der Waals surface area contributed by atoms with Gasteiger partial charge in [0, 0.05) is 12.6 Å². The Morgan fingerprint density at radius 3 is 2.53 bits per heavy atom. The molecule has 1 saturated heterocycles. The lowest BCUT2D eigenvalue weighted by Gasteiger charge is -2.24. The number of hydrogen-bond acceptors (Lipinski definition) is 9. The Hall–Kier alpha value is -3.92. The number of piperidine rings is 1. The van der Waals surface area contributed by atoms with Gasteiger partial charge >= 0.3 is 0 Å². The van der Waals surface area contributed by atoms with Gasteiger partial charge in [0.15, 0.2) is 0 Å². The number of rotatable bonds is 9. The Bertz CT molecular complexity index is 1080. The molecule has 0 radical (unpaired) electrons. The highest BCUT2D eigenvalue weighted by Crippen LogP contribution is 2.26. The van der Waals surface area contributed by atoms with E-state index in [-0.39, 0.29) is 12.3 Å². The highest BCUT2D eigenvalue weighted by molar-refractivity contribution is 5.95. The first-order chi connectivity index (χ1) is 16.6. The van der Waals surface area contributed by atoms with Crippen molar-refractivity contribution in [1.82, 2.24) is 20.3 Å². The van der Waals surface area contributed by atoms with Crippen LogP contribution in [0, 0.1) is 5.92 Å². The number of benzene rings is 1. The number of nitrogens with two attached hydrogens (primary N) is 1. The molecule has 1 aromatic carbocycles. The summed E-state index contributed by atoms with van der Waals surface area (Å²) in [5.41, 5.74) is 7.93. The van der Waals surface area contributed by atoms with E-state index in [1.54, 1.807) is 19.5 Å². The minimum absolute atomic E-state index is 0.123. The van der Waals surface area contributed by atoms with Crippen LogP contribution in [0.3, 0.4) is 0 Å². The molecule has 4 rings (SSSR count). The SMILES string of the molecule is COc1ccc(CC(=O)Nc2cnc(Nc3cnc(N)cn3)cc2NCC2CCNCC2)cc1. The Labute approximate surface area is 198 Å². The van der Waals surface area contributed by atoms with Crippen molar-refractivity contribution in [3.63, 3.8) is 0 Å². The number of nitrogen functional groups attached to an aromatic ring is 1. The molecule has 1 amide bonds. The van der Waals surface area contributed by atoms with Gasteiger partial charge < -0.3 is 31.7 Å². The summed E-state index contributed by atoms with van der Waals surface area (Å²) in [6.45, 7) is 2.86. The maximum Gasteiger partial charge on any atom is 0.228 e. The number of amides is 1. The van der Waals surface area contributed by atoms with E-state index in [4.69, 9.17) is 10.5 Å². The van der Waals surface area contributed by atoms with E-state index in [2.05, 4.69) is 36.2 Å². The molecule has 3 heterocycles. The molecule has 0 aliphatic carbocycles. The number of carbonyl (C=O) groups is 1. The number of anilines is 5. The van der Waals surface area contributed by atoms with E-state index in [0.717, 1.165) is 49.5 Å². The van der Waals surface area contributed by atoms with Crippen LogP contribution in [0.2, 0.25) is 0 Å². The molecule has 2 aromatic heterocycles. The minimum Gasteiger partial charge on any atom is -0.497 e. The lowest BCUT2D eigenvalue weighted by molar-refractivity contribution is -0.115. The van der Waals surface area contributed by atoms with Gasteiger partial charge in [0.2, 0.25) is 5.91 Å².